The molecule has 2 nitrogen and oxygen atoms in total. The second kappa shape index (κ2) is 5.77. The lowest BCUT2D eigenvalue weighted by Gasteiger charge is -2.07. The van der Waals surface area contributed by atoms with Gasteiger partial charge in [-0.05, 0) is 30.7 Å². The molecule has 1 atom stereocenters. The third-order valence-electron chi connectivity index (χ3n) is 2.04. The lowest BCUT2D eigenvalue weighted by atomic mass is 10.2. The van der Waals surface area contributed by atoms with Crippen LogP contribution in [0.15, 0.2) is 23.1 Å². The summed E-state index contributed by atoms with van der Waals surface area (Å²) in [5, 5.41) is 0. The van der Waals surface area contributed by atoms with Gasteiger partial charge in [0.15, 0.2) is 0 Å². The molecule has 0 aliphatic rings. The first-order valence-electron chi connectivity index (χ1n) is 4.75. The van der Waals surface area contributed by atoms with E-state index in [1.165, 1.54) is 0 Å². The van der Waals surface area contributed by atoms with E-state index >= 15 is 0 Å². The molecule has 1 unspecified atom stereocenters. The van der Waals surface area contributed by atoms with E-state index in [0.717, 1.165) is 5.56 Å². The van der Waals surface area contributed by atoms with Crippen molar-refractivity contribution in [3.63, 3.8) is 0 Å². The molecule has 1 aromatic carbocycles. The van der Waals surface area contributed by atoms with Gasteiger partial charge in [-0.15, -0.1) is 0 Å². The summed E-state index contributed by atoms with van der Waals surface area (Å²) in [7, 11) is -1.41. The van der Waals surface area contributed by atoms with Crippen molar-refractivity contribution in [2.75, 3.05) is 17.2 Å². The number of hydrogen-bond donors (Lipinski definition) is 1. The highest BCUT2D eigenvalue weighted by Gasteiger charge is 2.27. The second-order valence-corrected chi connectivity index (χ2v) is 6.09. The van der Waals surface area contributed by atoms with Crippen LogP contribution in [0.2, 0.25) is 0 Å². The maximum atomic E-state index is 11.9. The monoisotopic (exact) mass is 283 g/mol. The Labute approximate surface area is 104 Å². The number of aryl methyl sites for hydroxylation is 1. The Morgan fingerprint density at radius 1 is 1.41 bits per heavy atom. The number of benzene rings is 1. The summed E-state index contributed by atoms with van der Waals surface area (Å²) >= 11 is -0.154. The molecule has 0 spiro atoms. The topological polar surface area (TPSA) is 43.1 Å². The van der Waals surface area contributed by atoms with Crippen LogP contribution in [0.1, 0.15) is 5.56 Å². The van der Waals surface area contributed by atoms with E-state index in [4.69, 9.17) is 5.73 Å². The Morgan fingerprint density at radius 2 is 2.06 bits per heavy atom. The van der Waals surface area contributed by atoms with Crippen LogP contribution < -0.4 is 5.73 Å². The fraction of sp³-hybridized carbons (Fsp3) is 0.400. The molecule has 0 bridgehead atoms. The molecule has 17 heavy (non-hydrogen) atoms. The number of alkyl halides is 3. The van der Waals surface area contributed by atoms with Crippen LogP contribution in [-0.2, 0) is 10.8 Å². The van der Waals surface area contributed by atoms with Crippen LogP contribution >= 0.6 is 11.8 Å². The van der Waals surface area contributed by atoms with Crippen LogP contribution in [0.4, 0.5) is 18.9 Å². The van der Waals surface area contributed by atoms with E-state index in [0.29, 0.717) is 10.6 Å². The van der Waals surface area contributed by atoms with E-state index in [-0.39, 0.29) is 23.3 Å². The molecule has 0 aliphatic heterocycles. The molecular formula is C10H12F3NOS2. The molecule has 96 valence electrons. The van der Waals surface area contributed by atoms with Gasteiger partial charge in [-0.2, -0.15) is 13.2 Å². The number of anilines is 1. The van der Waals surface area contributed by atoms with E-state index in [1.54, 1.807) is 25.1 Å². The smallest absolute Gasteiger partial charge is 0.399 e. The molecule has 0 saturated heterocycles. The molecule has 0 heterocycles. The van der Waals surface area contributed by atoms with Crippen molar-refractivity contribution < 1.29 is 17.4 Å². The van der Waals surface area contributed by atoms with Crippen LogP contribution in [0.25, 0.3) is 0 Å². The Morgan fingerprint density at radius 3 is 2.59 bits per heavy atom. The third kappa shape index (κ3) is 4.99. The van der Waals surface area contributed by atoms with Crippen molar-refractivity contribution in [2.45, 2.75) is 17.3 Å². The number of hydrogen-bond acceptors (Lipinski definition) is 3. The van der Waals surface area contributed by atoms with Crippen LogP contribution in [0, 0.1) is 6.92 Å². The number of thioether (sulfide) groups is 1. The summed E-state index contributed by atoms with van der Waals surface area (Å²) in [4.78, 5) is 0.513. The predicted molar refractivity (Wildman–Crippen MR) is 65.4 cm³/mol. The van der Waals surface area contributed by atoms with Crippen molar-refractivity contribution in [1.29, 1.82) is 0 Å². The Bertz CT molecular complexity index is 421. The first kappa shape index (κ1) is 14.4. The van der Waals surface area contributed by atoms with Gasteiger partial charge in [0.25, 0.3) is 0 Å². The molecule has 0 aliphatic carbocycles. The third-order valence-corrected chi connectivity index (χ3v) is 4.39. The summed E-state index contributed by atoms with van der Waals surface area (Å²) in [5.41, 5.74) is 2.69. The molecule has 0 radical (unpaired) electrons. The average Bonchev–Trinajstić information content (AvgIpc) is 2.20. The van der Waals surface area contributed by atoms with E-state index in [1.807, 2.05) is 0 Å². The standard InChI is InChI=1S/C10H12F3NOS2/c1-7-6-8(2-3-9(7)14)17(15)5-4-16-10(11,12)13/h2-3,6H,4-5,14H2,1H3. The molecule has 0 aromatic heterocycles. The maximum Gasteiger partial charge on any atom is 0.441 e. The molecular weight excluding hydrogens is 271 g/mol. The van der Waals surface area contributed by atoms with Crippen molar-refractivity contribution in [2.24, 2.45) is 0 Å². The minimum Gasteiger partial charge on any atom is -0.399 e. The van der Waals surface area contributed by atoms with Gasteiger partial charge in [0.05, 0.1) is 10.8 Å². The Balaban J connectivity index is 2.56. The van der Waals surface area contributed by atoms with Gasteiger partial charge >= 0.3 is 5.51 Å². The summed E-state index contributed by atoms with van der Waals surface area (Å²) < 4.78 is 47.3. The quantitative estimate of drug-likeness (QED) is 0.864. The fourth-order valence-corrected chi connectivity index (χ4v) is 3.07. The van der Waals surface area contributed by atoms with Gasteiger partial charge in [0.1, 0.15) is 0 Å². The number of halogens is 3. The van der Waals surface area contributed by atoms with Crippen molar-refractivity contribution >= 4 is 28.2 Å². The molecule has 1 aromatic rings. The van der Waals surface area contributed by atoms with Crippen LogP contribution in [0.5, 0.6) is 0 Å². The van der Waals surface area contributed by atoms with Crippen molar-refractivity contribution in [3.8, 4) is 0 Å². The summed E-state index contributed by atoms with van der Waals surface area (Å²) in [6, 6.07) is 4.83. The highest BCUT2D eigenvalue weighted by atomic mass is 32.2. The maximum absolute atomic E-state index is 11.9. The fourth-order valence-electron chi connectivity index (χ4n) is 1.14. The van der Waals surface area contributed by atoms with Crippen LogP contribution in [-0.4, -0.2) is 21.2 Å². The number of rotatable bonds is 4. The summed E-state index contributed by atoms with van der Waals surface area (Å²) in [6.45, 7) is 1.76. The van der Waals surface area contributed by atoms with Gasteiger partial charge in [0.2, 0.25) is 0 Å². The highest BCUT2D eigenvalue weighted by Crippen LogP contribution is 2.30. The largest absolute Gasteiger partial charge is 0.441 e. The predicted octanol–water partition coefficient (Wildman–Crippen LogP) is 2.94. The van der Waals surface area contributed by atoms with Gasteiger partial charge in [-0.3, -0.25) is 4.21 Å². The highest BCUT2D eigenvalue weighted by molar-refractivity contribution is 8.00. The minimum absolute atomic E-state index is 0.0203. The van der Waals surface area contributed by atoms with E-state index < -0.39 is 16.3 Å². The lowest BCUT2D eigenvalue weighted by molar-refractivity contribution is -0.0326. The zero-order chi connectivity index (χ0) is 13.1. The normalized spacial score (nSPS) is 13.6. The van der Waals surface area contributed by atoms with Gasteiger partial charge in [-0.25, -0.2) is 0 Å². The first-order valence-corrected chi connectivity index (χ1v) is 7.05. The number of nitrogen functional groups attached to an aromatic ring is 1. The van der Waals surface area contributed by atoms with Crippen molar-refractivity contribution in [1.82, 2.24) is 0 Å². The van der Waals surface area contributed by atoms with Crippen molar-refractivity contribution in [3.05, 3.63) is 23.8 Å². The lowest BCUT2D eigenvalue weighted by Crippen LogP contribution is -2.07. The molecule has 2 N–H and O–H groups in total. The average molecular weight is 283 g/mol. The van der Waals surface area contributed by atoms with Gasteiger partial charge in [0, 0.05) is 22.1 Å². The number of nitrogens with two attached hydrogens (primary N) is 1. The molecule has 0 saturated carbocycles. The zero-order valence-electron chi connectivity index (χ0n) is 9.08. The Hall–Kier alpha value is -0.690. The van der Waals surface area contributed by atoms with Crippen LogP contribution in [0.3, 0.4) is 0 Å². The summed E-state index contributed by atoms with van der Waals surface area (Å²) in [6.07, 6.45) is 0. The van der Waals surface area contributed by atoms with Gasteiger partial charge < -0.3 is 5.73 Å². The second-order valence-electron chi connectivity index (χ2n) is 3.36. The molecule has 7 heteroatoms. The minimum atomic E-state index is -4.26. The van der Waals surface area contributed by atoms with Gasteiger partial charge in [-0.1, -0.05) is 11.8 Å². The molecule has 0 amide bonds. The zero-order valence-corrected chi connectivity index (χ0v) is 10.7. The Kier molecular flexibility index (Phi) is 4.88. The van der Waals surface area contributed by atoms with E-state index in [9.17, 15) is 17.4 Å². The SMILES string of the molecule is Cc1cc(S(=O)CCSC(F)(F)F)ccc1N. The molecule has 0 fully saturated rings. The molecule has 1 rings (SSSR count). The van der Waals surface area contributed by atoms with E-state index in [2.05, 4.69) is 0 Å². The first-order chi connectivity index (χ1) is 7.79. The summed E-state index contributed by atoms with van der Waals surface area (Å²) in [5.74, 6) is -0.229.